The molecule has 11 heteroatoms. The van der Waals surface area contributed by atoms with Gasteiger partial charge in [0.1, 0.15) is 0 Å². The normalized spacial score (nSPS) is 10.8. The molecule has 0 aliphatic carbocycles. The van der Waals surface area contributed by atoms with E-state index in [-0.39, 0.29) is 51.4 Å². The summed E-state index contributed by atoms with van der Waals surface area (Å²) in [7, 11) is -10.6. The summed E-state index contributed by atoms with van der Waals surface area (Å²) in [5.41, 5.74) is 0. The Morgan fingerprint density at radius 2 is 1.00 bits per heavy atom. The fourth-order valence-corrected chi connectivity index (χ4v) is 0. The molecule has 0 saturated heterocycles. The van der Waals surface area contributed by atoms with Crippen LogP contribution in [0.25, 0.3) is 0 Å². The summed E-state index contributed by atoms with van der Waals surface area (Å²) in [5, 5.41) is 0. The summed E-state index contributed by atoms with van der Waals surface area (Å²) in [4.78, 5) is 21.6. The van der Waals surface area contributed by atoms with Crippen LogP contribution in [0.1, 0.15) is 0 Å². The summed E-state index contributed by atoms with van der Waals surface area (Å²) in [6, 6.07) is 0. The third kappa shape index (κ3) is 447. The van der Waals surface area contributed by atoms with Gasteiger partial charge in [-0.1, -0.05) is 0 Å². The van der Waals surface area contributed by atoms with Crippen molar-refractivity contribution in [1.82, 2.24) is 0 Å². The molecule has 0 spiro atoms. The van der Waals surface area contributed by atoms with Gasteiger partial charge in [-0.05, 0) is 0 Å². The van der Waals surface area contributed by atoms with Crippen LogP contribution in [0.15, 0.2) is 0 Å². The molecular formula is H3BF4KO4P. The predicted molar refractivity (Wildman–Crippen MR) is 24.4 cm³/mol. The van der Waals surface area contributed by atoms with Crippen LogP contribution in [0, 0.1) is 0 Å². The number of rotatable bonds is 0. The van der Waals surface area contributed by atoms with E-state index >= 15 is 0 Å². The van der Waals surface area contributed by atoms with Crippen LogP contribution in [0.3, 0.4) is 0 Å². The second-order valence-corrected chi connectivity index (χ2v) is 2.03. The van der Waals surface area contributed by atoms with E-state index in [0.717, 1.165) is 0 Å². The second kappa shape index (κ2) is 6.98. The summed E-state index contributed by atoms with van der Waals surface area (Å²) < 4.78 is 47.9. The quantitative estimate of drug-likeness (QED) is 0.239. The average Bonchev–Trinajstić information content (AvgIpc) is 1.12. The van der Waals surface area contributed by atoms with E-state index in [9.17, 15) is 17.3 Å². The Labute approximate surface area is 102 Å². The molecule has 0 aliphatic rings. The molecule has 0 aromatic heterocycles. The van der Waals surface area contributed by atoms with Crippen molar-refractivity contribution in [1.29, 1.82) is 0 Å². The average molecular weight is 224 g/mol. The van der Waals surface area contributed by atoms with Gasteiger partial charge in [-0.25, -0.2) is 4.57 Å². The Morgan fingerprint density at radius 1 is 1.00 bits per heavy atom. The molecule has 0 heterocycles. The first kappa shape index (κ1) is 18.3. The second-order valence-electron chi connectivity index (χ2n) is 1.01. The minimum atomic E-state index is -6.00. The van der Waals surface area contributed by atoms with Crippen molar-refractivity contribution < 1.29 is 87.9 Å². The van der Waals surface area contributed by atoms with Gasteiger partial charge in [0.25, 0.3) is 0 Å². The Balaban J connectivity index is -0.000000107. The maximum absolute atomic E-state index is 9.75. The zero-order chi connectivity index (χ0) is 9.00. The molecule has 11 heavy (non-hydrogen) atoms. The molecule has 4 nitrogen and oxygen atoms in total. The summed E-state index contributed by atoms with van der Waals surface area (Å²) in [5.74, 6) is 0. The van der Waals surface area contributed by atoms with E-state index in [2.05, 4.69) is 0 Å². The topological polar surface area (TPSA) is 77.8 Å². The van der Waals surface area contributed by atoms with E-state index in [1.54, 1.807) is 0 Å². The largest absolute Gasteiger partial charge is 1.00 e. The first-order valence-corrected chi connectivity index (χ1v) is 3.22. The van der Waals surface area contributed by atoms with Crippen LogP contribution in [0.5, 0.6) is 0 Å². The zero-order valence-electron chi connectivity index (χ0n) is 5.29. The van der Waals surface area contributed by atoms with Crippen molar-refractivity contribution in [2.75, 3.05) is 0 Å². The van der Waals surface area contributed by atoms with E-state index in [1.807, 2.05) is 0 Å². The molecule has 0 saturated carbocycles. The van der Waals surface area contributed by atoms with Crippen molar-refractivity contribution in [3.05, 3.63) is 0 Å². The van der Waals surface area contributed by atoms with Gasteiger partial charge in [-0.3, -0.25) is 0 Å². The Morgan fingerprint density at radius 3 is 1.00 bits per heavy atom. The summed E-state index contributed by atoms with van der Waals surface area (Å²) in [6.07, 6.45) is 0. The molecule has 0 aromatic carbocycles. The van der Waals surface area contributed by atoms with E-state index in [0.29, 0.717) is 0 Å². The van der Waals surface area contributed by atoms with Crippen molar-refractivity contribution >= 4 is 15.1 Å². The van der Waals surface area contributed by atoms with Gasteiger partial charge in [-0.2, -0.15) is 0 Å². The van der Waals surface area contributed by atoms with Crippen LogP contribution >= 0.6 is 7.82 Å². The monoisotopic (exact) mass is 224 g/mol. The maximum atomic E-state index is 9.75. The van der Waals surface area contributed by atoms with Crippen molar-refractivity contribution in [2.45, 2.75) is 0 Å². The van der Waals surface area contributed by atoms with Crippen molar-refractivity contribution in [2.24, 2.45) is 0 Å². The van der Waals surface area contributed by atoms with Crippen molar-refractivity contribution in [3.8, 4) is 0 Å². The Kier molecular flexibility index (Phi) is 11.6. The fraction of sp³-hybridized carbons (Fsp3) is 0. The maximum Gasteiger partial charge on any atom is 1.00 e. The molecule has 0 rings (SSSR count). The van der Waals surface area contributed by atoms with Crippen LogP contribution in [0.4, 0.5) is 17.3 Å². The van der Waals surface area contributed by atoms with Gasteiger partial charge in [-0.15, -0.1) is 0 Å². The van der Waals surface area contributed by atoms with E-state index in [4.69, 9.17) is 19.2 Å². The SMILES string of the molecule is F[B-](F)(F)F.O=P(O)(O)O.[K+]. The smallest absolute Gasteiger partial charge is 0.418 e. The fourth-order valence-electron chi connectivity index (χ4n) is 0. The molecule has 3 N–H and O–H groups in total. The molecular weight excluding hydrogens is 221 g/mol. The first-order valence-electron chi connectivity index (χ1n) is 1.66. The zero-order valence-corrected chi connectivity index (χ0v) is 9.30. The van der Waals surface area contributed by atoms with Gasteiger partial charge in [0.05, 0.1) is 0 Å². The van der Waals surface area contributed by atoms with Gasteiger partial charge < -0.3 is 31.9 Å². The Bertz CT molecular complexity index is 114. The number of hydrogen-bond donors (Lipinski definition) is 3. The van der Waals surface area contributed by atoms with Gasteiger partial charge in [0.2, 0.25) is 0 Å². The van der Waals surface area contributed by atoms with E-state index in [1.165, 1.54) is 0 Å². The third-order valence-electron chi connectivity index (χ3n) is 0. The van der Waals surface area contributed by atoms with Gasteiger partial charge >= 0.3 is 66.5 Å². The predicted octanol–water partition coefficient (Wildman–Crippen LogP) is -2.62. The number of phosphoric acid groups is 1. The third-order valence-corrected chi connectivity index (χ3v) is 0. The molecule has 0 atom stereocenters. The first-order chi connectivity index (χ1) is 4.00. The van der Waals surface area contributed by atoms with Gasteiger partial charge in [0.15, 0.2) is 0 Å². The van der Waals surface area contributed by atoms with Crippen LogP contribution in [-0.4, -0.2) is 21.9 Å². The van der Waals surface area contributed by atoms with Crippen LogP contribution < -0.4 is 51.4 Å². The summed E-state index contributed by atoms with van der Waals surface area (Å²) >= 11 is 0. The standard InChI is InChI=1S/BF4.K.H3O4P/c2-1(3,4)5;;1-5(2,3)4/h;;(H3,1,2,3,4)/q-1;+1;. The molecule has 0 aliphatic heterocycles. The molecule has 0 bridgehead atoms. The van der Waals surface area contributed by atoms with Crippen LogP contribution in [0.2, 0.25) is 0 Å². The number of hydrogen-bond acceptors (Lipinski definition) is 1. The minimum absolute atomic E-state index is 0. The molecule has 0 fully saturated rings. The molecule has 0 amide bonds. The summed E-state index contributed by atoms with van der Waals surface area (Å²) in [6.45, 7) is 0. The molecule has 0 radical (unpaired) electrons. The van der Waals surface area contributed by atoms with Crippen LogP contribution in [-0.2, 0) is 4.57 Å². The number of halogens is 4. The van der Waals surface area contributed by atoms with E-state index < -0.39 is 15.1 Å². The Hall–Kier alpha value is 1.53. The molecule has 0 aromatic rings. The minimum Gasteiger partial charge on any atom is -0.418 e. The molecule has 0 unspecified atom stereocenters. The van der Waals surface area contributed by atoms with Gasteiger partial charge in [0, 0.05) is 0 Å². The van der Waals surface area contributed by atoms with Crippen molar-refractivity contribution in [3.63, 3.8) is 0 Å². The molecule has 64 valence electrons.